The van der Waals surface area contributed by atoms with E-state index in [1.165, 1.54) is 18.2 Å². The predicted molar refractivity (Wildman–Crippen MR) is 52.1 cm³/mol. The maximum atomic E-state index is 12.8. The van der Waals surface area contributed by atoms with Gasteiger partial charge in [0.1, 0.15) is 11.6 Å². The van der Waals surface area contributed by atoms with Crippen LogP contribution in [0.25, 0.3) is 0 Å². The molecule has 1 aromatic rings. The largest absolute Gasteiger partial charge is 0.484 e. The second kappa shape index (κ2) is 4.96. The van der Waals surface area contributed by atoms with E-state index in [9.17, 15) is 9.18 Å². The lowest BCUT2D eigenvalue weighted by atomic mass is 10.1. The van der Waals surface area contributed by atoms with Crippen LogP contribution < -0.4 is 4.74 Å². The van der Waals surface area contributed by atoms with Crippen molar-refractivity contribution in [2.24, 2.45) is 0 Å². The molecule has 0 aromatic heterocycles. The van der Waals surface area contributed by atoms with Gasteiger partial charge in [-0.25, -0.2) is 4.39 Å². The molecule has 0 N–H and O–H groups in total. The fraction of sp³-hybridized carbons (Fsp3) is 0.300. The highest BCUT2D eigenvalue weighted by atomic mass is 35.5. The van der Waals surface area contributed by atoms with Gasteiger partial charge in [0.25, 0.3) is 5.24 Å². The fourth-order valence-corrected chi connectivity index (χ4v) is 1.15. The number of carbonyl (C=O) groups is 1. The highest BCUT2D eigenvalue weighted by molar-refractivity contribution is 6.63. The van der Waals surface area contributed by atoms with Crippen molar-refractivity contribution in [1.29, 1.82) is 0 Å². The molecule has 0 bridgehead atoms. The number of rotatable bonds is 4. The molecule has 0 aliphatic rings. The Kier molecular flexibility index (Phi) is 3.89. The van der Waals surface area contributed by atoms with Gasteiger partial charge in [-0.05, 0) is 41.8 Å². The number of hydrogen-bond acceptors (Lipinski definition) is 2. The number of hydrogen-bond donors (Lipinski definition) is 0. The number of halogens is 2. The first-order chi connectivity index (χ1) is 6.63. The van der Waals surface area contributed by atoms with Gasteiger partial charge in [-0.2, -0.15) is 0 Å². The molecule has 0 aliphatic carbocycles. The molecule has 14 heavy (non-hydrogen) atoms. The van der Waals surface area contributed by atoms with Crippen molar-refractivity contribution >= 4 is 16.8 Å². The van der Waals surface area contributed by atoms with Gasteiger partial charge < -0.3 is 4.74 Å². The molecule has 0 amide bonds. The van der Waals surface area contributed by atoms with Crippen LogP contribution >= 0.6 is 11.6 Å². The third kappa shape index (κ3) is 3.00. The minimum Gasteiger partial charge on any atom is -0.484 e. The van der Waals surface area contributed by atoms with Crippen LogP contribution in [0, 0.1) is 5.82 Å². The summed E-state index contributed by atoms with van der Waals surface area (Å²) in [4.78, 5) is 10.4. The van der Waals surface area contributed by atoms with E-state index in [1.54, 1.807) is 0 Å². The highest BCUT2D eigenvalue weighted by Gasteiger charge is 2.05. The van der Waals surface area contributed by atoms with Crippen LogP contribution in [0.1, 0.15) is 12.5 Å². The van der Waals surface area contributed by atoms with Crippen LogP contribution in [-0.4, -0.2) is 11.8 Å². The number of ether oxygens (including phenoxy) is 1. The zero-order chi connectivity index (χ0) is 10.6. The van der Waals surface area contributed by atoms with Crippen LogP contribution in [0.3, 0.4) is 0 Å². The molecular weight excluding hydrogens is 207 g/mol. The lowest BCUT2D eigenvalue weighted by Crippen LogP contribution is -2.06. The molecule has 0 spiro atoms. The number of aryl methyl sites for hydroxylation is 1. The fourth-order valence-electron chi connectivity index (χ4n) is 1.10. The van der Waals surface area contributed by atoms with E-state index in [2.05, 4.69) is 0 Å². The molecule has 0 fully saturated rings. The topological polar surface area (TPSA) is 26.3 Å². The van der Waals surface area contributed by atoms with Crippen molar-refractivity contribution in [3.63, 3.8) is 0 Å². The van der Waals surface area contributed by atoms with Crippen molar-refractivity contribution < 1.29 is 13.9 Å². The number of benzene rings is 1. The number of carbonyl (C=O) groups excluding carboxylic acids is 1. The monoisotopic (exact) mass is 216 g/mol. The molecule has 4 heteroatoms. The smallest absolute Gasteiger partial charge is 0.259 e. The van der Waals surface area contributed by atoms with E-state index in [4.69, 9.17) is 16.3 Å². The Morgan fingerprint density at radius 2 is 2.29 bits per heavy atom. The van der Waals surface area contributed by atoms with Crippen LogP contribution in [0.15, 0.2) is 18.2 Å². The van der Waals surface area contributed by atoms with Crippen molar-refractivity contribution in [3.05, 3.63) is 29.6 Å². The second-order valence-electron chi connectivity index (χ2n) is 2.75. The molecule has 2 nitrogen and oxygen atoms in total. The van der Waals surface area contributed by atoms with Gasteiger partial charge in [0.05, 0.1) is 0 Å². The average molecular weight is 217 g/mol. The van der Waals surface area contributed by atoms with Crippen molar-refractivity contribution in [2.75, 3.05) is 6.61 Å². The van der Waals surface area contributed by atoms with Crippen molar-refractivity contribution in [3.8, 4) is 5.75 Å². The van der Waals surface area contributed by atoms with Crippen LogP contribution in [0.4, 0.5) is 4.39 Å². The van der Waals surface area contributed by atoms with E-state index < -0.39 is 5.24 Å². The third-order valence-electron chi connectivity index (χ3n) is 1.74. The molecule has 0 atom stereocenters. The first-order valence-corrected chi connectivity index (χ1v) is 4.61. The van der Waals surface area contributed by atoms with Gasteiger partial charge in [0.2, 0.25) is 0 Å². The summed E-state index contributed by atoms with van der Waals surface area (Å²) in [5, 5.41) is -0.573. The summed E-state index contributed by atoms with van der Waals surface area (Å²) in [6, 6.07) is 4.16. The maximum absolute atomic E-state index is 12.8. The summed E-state index contributed by atoms with van der Waals surface area (Å²) in [6.45, 7) is 1.68. The van der Waals surface area contributed by atoms with Gasteiger partial charge in [-0.1, -0.05) is 6.92 Å². The summed E-state index contributed by atoms with van der Waals surface area (Å²) < 4.78 is 17.9. The molecule has 0 saturated carbocycles. The lowest BCUT2D eigenvalue weighted by Gasteiger charge is -2.08. The van der Waals surface area contributed by atoms with Crippen LogP contribution in [0.5, 0.6) is 5.75 Å². The summed E-state index contributed by atoms with van der Waals surface area (Å²) >= 11 is 5.12. The SMILES string of the molecule is CCc1cc(F)ccc1OCC(=O)Cl. The molecule has 0 radical (unpaired) electrons. The summed E-state index contributed by atoms with van der Waals surface area (Å²) in [5.74, 6) is 0.189. The zero-order valence-corrected chi connectivity index (χ0v) is 8.47. The highest BCUT2D eigenvalue weighted by Crippen LogP contribution is 2.20. The summed E-state index contributed by atoms with van der Waals surface area (Å²) in [5.41, 5.74) is 0.725. The van der Waals surface area contributed by atoms with E-state index in [0.717, 1.165) is 5.56 Å². The Labute approximate surface area is 86.6 Å². The van der Waals surface area contributed by atoms with Gasteiger partial charge in [-0.3, -0.25) is 4.79 Å². The van der Waals surface area contributed by atoms with Crippen molar-refractivity contribution in [1.82, 2.24) is 0 Å². The zero-order valence-electron chi connectivity index (χ0n) is 7.72. The predicted octanol–water partition coefficient (Wildman–Crippen LogP) is 2.53. The summed E-state index contributed by atoms with van der Waals surface area (Å²) in [6.07, 6.45) is 0.642. The lowest BCUT2D eigenvalue weighted by molar-refractivity contribution is -0.113. The first-order valence-electron chi connectivity index (χ1n) is 4.23. The molecule has 0 aliphatic heterocycles. The molecule has 76 valence electrons. The Morgan fingerprint density at radius 1 is 1.57 bits per heavy atom. The summed E-state index contributed by atoms with van der Waals surface area (Å²) in [7, 11) is 0. The second-order valence-corrected chi connectivity index (χ2v) is 3.17. The third-order valence-corrected chi connectivity index (χ3v) is 1.85. The van der Waals surface area contributed by atoms with Gasteiger partial charge in [0.15, 0.2) is 6.61 Å². The van der Waals surface area contributed by atoms with Gasteiger partial charge >= 0.3 is 0 Å². The maximum Gasteiger partial charge on any atom is 0.259 e. The van der Waals surface area contributed by atoms with Gasteiger partial charge in [0, 0.05) is 0 Å². The van der Waals surface area contributed by atoms with Crippen LogP contribution in [0.2, 0.25) is 0 Å². The average Bonchev–Trinajstić information content (AvgIpc) is 2.15. The minimum absolute atomic E-state index is 0.194. The van der Waals surface area contributed by atoms with Gasteiger partial charge in [-0.15, -0.1) is 0 Å². The van der Waals surface area contributed by atoms with Crippen molar-refractivity contribution in [2.45, 2.75) is 13.3 Å². The molecule has 0 unspecified atom stereocenters. The normalized spacial score (nSPS) is 9.93. The quantitative estimate of drug-likeness (QED) is 0.723. The van der Waals surface area contributed by atoms with E-state index in [-0.39, 0.29) is 12.4 Å². The standard InChI is InChI=1S/C10H10ClFO2/c1-2-7-5-8(12)3-4-9(7)14-6-10(11)13/h3-5H,2,6H2,1H3. The molecule has 0 saturated heterocycles. The molecule has 1 rings (SSSR count). The van der Waals surface area contributed by atoms with E-state index >= 15 is 0 Å². The molecule has 0 heterocycles. The minimum atomic E-state index is -0.573. The Balaban J connectivity index is 2.80. The molecular formula is C10H10ClFO2. The first kappa shape index (κ1) is 11.0. The Bertz CT molecular complexity index is 339. The van der Waals surface area contributed by atoms with Crippen LogP contribution in [-0.2, 0) is 11.2 Å². The Hall–Kier alpha value is -1.09. The van der Waals surface area contributed by atoms with E-state index in [1.807, 2.05) is 6.92 Å². The Morgan fingerprint density at radius 3 is 2.86 bits per heavy atom. The molecule has 1 aromatic carbocycles. The van der Waals surface area contributed by atoms with E-state index in [0.29, 0.717) is 12.2 Å².